The highest BCUT2D eigenvalue weighted by atomic mass is 32.2. The number of ether oxygens (including phenoxy) is 1. The van der Waals surface area contributed by atoms with E-state index in [0.29, 0.717) is 17.1 Å². The predicted octanol–water partition coefficient (Wildman–Crippen LogP) is 2.39. The van der Waals surface area contributed by atoms with Gasteiger partial charge >= 0.3 is 0 Å². The topological polar surface area (TPSA) is 81.4 Å². The Balaban J connectivity index is 2.38. The summed E-state index contributed by atoms with van der Waals surface area (Å²) in [6, 6.07) is 11.4. The Kier molecular flexibility index (Phi) is 3.85. The first-order valence-corrected chi connectivity index (χ1v) is 7.44. The molecule has 0 amide bonds. The van der Waals surface area contributed by atoms with Gasteiger partial charge in [0.15, 0.2) is 0 Å². The minimum Gasteiger partial charge on any atom is -0.497 e. The van der Waals surface area contributed by atoms with Crippen LogP contribution in [0, 0.1) is 6.92 Å². The maximum absolute atomic E-state index is 12.3. The molecule has 2 aromatic carbocycles. The molecule has 2 rings (SSSR count). The summed E-state index contributed by atoms with van der Waals surface area (Å²) >= 11 is 0. The Morgan fingerprint density at radius 2 is 1.90 bits per heavy atom. The van der Waals surface area contributed by atoms with E-state index in [0.717, 1.165) is 5.56 Å². The molecule has 0 heterocycles. The lowest BCUT2D eigenvalue weighted by atomic mass is 10.2. The summed E-state index contributed by atoms with van der Waals surface area (Å²) in [6.45, 7) is 1.81. The Morgan fingerprint density at radius 1 is 1.15 bits per heavy atom. The first-order chi connectivity index (χ1) is 9.42. The zero-order valence-corrected chi connectivity index (χ0v) is 12.1. The summed E-state index contributed by atoms with van der Waals surface area (Å²) in [7, 11) is -2.18. The number of hydrogen-bond donors (Lipinski definition) is 2. The van der Waals surface area contributed by atoms with Crippen LogP contribution >= 0.6 is 0 Å². The van der Waals surface area contributed by atoms with Gasteiger partial charge in [-0.2, -0.15) is 0 Å². The number of nitrogens with one attached hydrogen (secondary N) is 1. The largest absolute Gasteiger partial charge is 0.497 e. The highest BCUT2D eigenvalue weighted by molar-refractivity contribution is 7.92. The quantitative estimate of drug-likeness (QED) is 0.848. The fourth-order valence-corrected chi connectivity index (χ4v) is 2.88. The number of methoxy groups -OCH3 is 1. The average Bonchev–Trinajstić information content (AvgIpc) is 2.43. The predicted molar refractivity (Wildman–Crippen MR) is 79.4 cm³/mol. The van der Waals surface area contributed by atoms with Crippen molar-refractivity contribution in [2.45, 2.75) is 11.8 Å². The number of benzene rings is 2. The van der Waals surface area contributed by atoms with Gasteiger partial charge in [0.05, 0.1) is 17.7 Å². The number of sulfonamides is 1. The van der Waals surface area contributed by atoms with Crippen molar-refractivity contribution < 1.29 is 13.2 Å². The summed E-state index contributed by atoms with van der Waals surface area (Å²) in [4.78, 5) is 0.138. The molecule has 6 heteroatoms. The Bertz CT molecular complexity index is 727. The normalized spacial score (nSPS) is 11.1. The molecule has 5 nitrogen and oxygen atoms in total. The smallest absolute Gasteiger partial charge is 0.262 e. The van der Waals surface area contributed by atoms with Crippen LogP contribution in [0.4, 0.5) is 11.4 Å². The van der Waals surface area contributed by atoms with Crippen molar-refractivity contribution in [2.75, 3.05) is 17.6 Å². The SMILES string of the molecule is COc1cccc(S(=O)(=O)Nc2cc(N)ccc2C)c1. The molecule has 0 saturated heterocycles. The van der Waals surface area contributed by atoms with Crippen LogP contribution in [0.15, 0.2) is 47.4 Å². The maximum atomic E-state index is 12.3. The maximum Gasteiger partial charge on any atom is 0.262 e. The number of aryl methyl sites for hydroxylation is 1. The fourth-order valence-electron chi connectivity index (χ4n) is 1.72. The molecule has 0 fully saturated rings. The van der Waals surface area contributed by atoms with Crippen molar-refractivity contribution >= 4 is 21.4 Å². The van der Waals surface area contributed by atoms with E-state index in [4.69, 9.17) is 10.5 Å². The first-order valence-electron chi connectivity index (χ1n) is 5.95. The van der Waals surface area contributed by atoms with Gasteiger partial charge in [-0.3, -0.25) is 4.72 Å². The van der Waals surface area contributed by atoms with Crippen molar-refractivity contribution in [2.24, 2.45) is 0 Å². The van der Waals surface area contributed by atoms with Crippen LogP contribution in [0.5, 0.6) is 5.75 Å². The van der Waals surface area contributed by atoms with Gasteiger partial charge < -0.3 is 10.5 Å². The van der Waals surface area contributed by atoms with E-state index < -0.39 is 10.0 Å². The lowest BCUT2D eigenvalue weighted by Gasteiger charge is -2.12. The van der Waals surface area contributed by atoms with E-state index in [2.05, 4.69) is 4.72 Å². The molecule has 0 aliphatic heterocycles. The van der Waals surface area contributed by atoms with Gasteiger partial charge in [-0.25, -0.2) is 8.42 Å². The van der Waals surface area contributed by atoms with Crippen molar-refractivity contribution in [3.05, 3.63) is 48.0 Å². The highest BCUT2D eigenvalue weighted by Crippen LogP contribution is 2.23. The van der Waals surface area contributed by atoms with Gasteiger partial charge in [-0.05, 0) is 36.8 Å². The van der Waals surface area contributed by atoms with Gasteiger partial charge in [0.25, 0.3) is 10.0 Å². The molecule has 0 atom stereocenters. The number of anilines is 2. The Hall–Kier alpha value is -2.21. The summed E-state index contributed by atoms with van der Waals surface area (Å²) in [5.74, 6) is 0.483. The molecule has 0 unspecified atom stereocenters. The Labute approximate surface area is 118 Å². The van der Waals surface area contributed by atoms with E-state index in [1.165, 1.54) is 19.2 Å². The van der Waals surface area contributed by atoms with E-state index in [9.17, 15) is 8.42 Å². The second-order valence-electron chi connectivity index (χ2n) is 4.36. The van der Waals surface area contributed by atoms with Gasteiger partial charge in [0.1, 0.15) is 5.75 Å². The van der Waals surface area contributed by atoms with Crippen LogP contribution in [0.25, 0.3) is 0 Å². The molecule has 2 aromatic rings. The molecule has 0 spiro atoms. The molecule has 0 aromatic heterocycles. The second-order valence-corrected chi connectivity index (χ2v) is 6.04. The third-order valence-corrected chi connectivity index (χ3v) is 4.22. The van der Waals surface area contributed by atoms with E-state index in [-0.39, 0.29) is 4.90 Å². The number of nitrogen functional groups attached to an aromatic ring is 1. The number of nitrogens with two attached hydrogens (primary N) is 1. The van der Waals surface area contributed by atoms with Crippen LogP contribution in [0.2, 0.25) is 0 Å². The van der Waals surface area contributed by atoms with Crippen LogP contribution in [-0.4, -0.2) is 15.5 Å². The summed E-state index contributed by atoms with van der Waals surface area (Å²) in [5, 5.41) is 0. The number of hydrogen-bond acceptors (Lipinski definition) is 4. The van der Waals surface area contributed by atoms with E-state index >= 15 is 0 Å². The minimum atomic E-state index is -3.67. The molecule has 0 aliphatic rings. The standard InChI is InChI=1S/C14H16N2O3S/c1-10-6-7-11(15)8-14(10)16-20(17,18)13-5-3-4-12(9-13)19-2/h3-9,16H,15H2,1-2H3. The summed E-state index contributed by atoms with van der Waals surface area (Å²) in [5.41, 5.74) is 7.44. The zero-order valence-electron chi connectivity index (χ0n) is 11.3. The van der Waals surface area contributed by atoms with Crippen LogP contribution in [0.3, 0.4) is 0 Å². The molecule has 0 saturated carbocycles. The molecular formula is C14H16N2O3S. The third-order valence-electron chi connectivity index (χ3n) is 2.86. The van der Waals surface area contributed by atoms with Crippen molar-refractivity contribution in [3.8, 4) is 5.75 Å². The van der Waals surface area contributed by atoms with E-state index in [1.807, 2.05) is 6.92 Å². The first kappa shape index (κ1) is 14.2. The second kappa shape index (κ2) is 5.42. The Morgan fingerprint density at radius 3 is 2.60 bits per heavy atom. The molecule has 3 N–H and O–H groups in total. The zero-order chi connectivity index (χ0) is 14.8. The molecule has 106 valence electrons. The monoisotopic (exact) mass is 292 g/mol. The van der Waals surface area contributed by atoms with Crippen LogP contribution < -0.4 is 15.2 Å². The molecule has 20 heavy (non-hydrogen) atoms. The number of rotatable bonds is 4. The summed E-state index contributed by atoms with van der Waals surface area (Å²) in [6.07, 6.45) is 0. The third kappa shape index (κ3) is 3.03. The lowest BCUT2D eigenvalue weighted by Crippen LogP contribution is -2.14. The lowest BCUT2D eigenvalue weighted by molar-refractivity contribution is 0.413. The van der Waals surface area contributed by atoms with Gasteiger partial charge in [-0.15, -0.1) is 0 Å². The molecular weight excluding hydrogens is 276 g/mol. The van der Waals surface area contributed by atoms with Crippen LogP contribution in [-0.2, 0) is 10.0 Å². The molecule has 0 radical (unpaired) electrons. The van der Waals surface area contributed by atoms with Gasteiger partial charge in [-0.1, -0.05) is 12.1 Å². The van der Waals surface area contributed by atoms with Gasteiger partial charge in [0.2, 0.25) is 0 Å². The van der Waals surface area contributed by atoms with Crippen molar-refractivity contribution in [3.63, 3.8) is 0 Å². The molecule has 0 bridgehead atoms. The molecule has 0 aliphatic carbocycles. The van der Waals surface area contributed by atoms with E-state index in [1.54, 1.807) is 30.3 Å². The van der Waals surface area contributed by atoms with Gasteiger partial charge in [0, 0.05) is 11.8 Å². The average molecular weight is 292 g/mol. The van der Waals surface area contributed by atoms with Crippen LogP contribution in [0.1, 0.15) is 5.56 Å². The van der Waals surface area contributed by atoms with Crippen molar-refractivity contribution in [1.29, 1.82) is 0 Å². The van der Waals surface area contributed by atoms with Crippen molar-refractivity contribution in [1.82, 2.24) is 0 Å². The summed E-state index contributed by atoms with van der Waals surface area (Å²) < 4.78 is 32.2. The minimum absolute atomic E-state index is 0.138. The fraction of sp³-hybridized carbons (Fsp3) is 0.143. The highest BCUT2D eigenvalue weighted by Gasteiger charge is 2.16.